The second kappa shape index (κ2) is 12.2. The number of nitrogens with one attached hydrogen (secondary N) is 2. The van der Waals surface area contributed by atoms with Crippen molar-refractivity contribution in [3.05, 3.63) is 34.9 Å². The van der Waals surface area contributed by atoms with Gasteiger partial charge in [0.15, 0.2) is 5.96 Å². The molecule has 1 atom stereocenters. The molecule has 0 saturated carbocycles. The van der Waals surface area contributed by atoms with Crippen LogP contribution in [-0.4, -0.2) is 64.0 Å². The maximum absolute atomic E-state index is 11.3. The zero-order chi connectivity index (χ0) is 20.3. The van der Waals surface area contributed by atoms with E-state index in [0.717, 1.165) is 30.2 Å². The molecule has 1 rings (SSSR count). The number of hydrogen-bond acceptors (Lipinski definition) is 4. The molecule has 0 aliphatic heterocycles. The van der Waals surface area contributed by atoms with Gasteiger partial charge in [-0.3, -0.25) is 9.89 Å². The lowest BCUT2D eigenvalue weighted by Crippen LogP contribution is -2.39. The molecule has 0 saturated heterocycles. The van der Waals surface area contributed by atoms with Crippen molar-refractivity contribution in [3.8, 4) is 0 Å². The van der Waals surface area contributed by atoms with Gasteiger partial charge in [0.1, 0.15) is 9.84 Å². The number of hydrogen-bond donors (Lipinski definition) is 2. The third kappa shape index (κ3) is 8.95. The number of halogens is 1. The SMILES string of the molecule is CCNC(=NCC(c1ccccc1Cl)N(CC)CC)NCCCS(C)(=O)=O. The summed E-state index contributed by atoms with van der Waals surface area (Å²) in [6.45, 7) is 9.93. The standard InChI is InChI=1S/C19H33ClN4O2S/c1-5-21-19(22-13-10-14-27(4,25)26)23-15-18(24(6-2)7-3)16-11-8-9-12-17(16)20/h8-9,11-12,18H,5-7,10,13-15H2,1-4H3,(H2,21,22,23). The van der Waals surface area contributed by atoms with E-state index in [9.17, 15) is 8.42 Å². The van der Waals surface area contributed by atoms with Crippen molar-refractivity contribution < 1.29 is 8.42 Å². The van der Waals surface area contributed by atoms with Gasteiger partial charge in [-0.1, -0.05) is 43.6 Å². The van der Waals surface area contributed by atoms with E-state index in [4.69, 9.17) is 16.6 Å². The summed E-state index contributed by atoms with van der Waals surface area (Å²) >= 11 is 6.44. The van der Waals surface area contributed by atoms with E-state index in [2.05, 4.69) is 29.4 Å². The van der Waals surface area contributed by atoms with Crippen molar-refractivity contribution in [2.45, 2.75) is 33.2 Å². The second-order valence-electron chi connectivity index (χ2n) is 6.39. The molecule has 0 amide bonds. The molecule has 0 heterocycles. The van der Waals surface area contributed by atoms with Crippen LogP contribution in [0.15, 0.2) is 29.3 Å². The molecule has 1 aromatic carbocycles. The zero-order valence-corrected chi connectivity index (χ0v) is 18.4. The second-order valence-corrected chi connectivity index (χ2v) is 9.06. The smallest absolute Gasteiger partial charge is 0.191 e. The van der Waals surface area contributed by atoms with E-state index in [1.54, 1.807) is 0 Å². The van der Waals surface area contributed by atoms with Crippen LogP contribution in [0.4, 0.5) is 0 Å². The Morgan fingerprint density at radius 1 is 1.19 bits per heavy atom. The predicted octanol–water partition coefficient (Wildman–Crippen LogP) is 2.71. The monoisotopic (exact) mass is 416 g/mol. The molecule has 2 N–H and O–H groups in total. The van der Waals surface area contributed by atoms with Crippen molar-refractivity contribution in [3.63, 3.8) is 0 Å². The van der Waals surface area contributed by atoms with Crippen LogP contribution >= 0.6 is 11.6 Å². The van der Waals surface area contributed by atoms with E-state index in [1.165, 1.54) is 6.26 Å². The maximum atomic E-state index is 11.3. The number of benzene rings is 1. The third-order valence-corrected chi connectivity index (χ3v) is 5.64. The molecule has 0 aromatic heterocycles. The highest BCUT2D eigenvalue weighted by atomic mass is 35.5. The molecule has 6 nitrogen and oxygen atoms in total. The van der Waals surface area contributed by atoms with Gasteiger partial charge >= 0.3 is 0 Å². The molecule has 1 aromatic rings. The molecular formula is C19H33ClN4O2S. The van der Waals surface area contributed by atoms with Gasteiger partial charge < -0.3 is 10.6 Å². The van der Waals surface area contributed by atoms with Crippen LogP contribution < -0.4 is 10.6 Å². The lowest BCUT2D eigenvalue weighted by molar-refractivity contribution is 0.224. The van der Waals surface area contributed by atoms with Gasteiger partial charge in [0.2, 0.25) is 0 Å². The summed E-state index contributed by atoms with van der Waals surface area (Å²) in [5.41, 5.74) is 1.07. The largest absolute Gasteiger partial charge is 0.357 e. The minimum absolute atomic E-state index is 0.0835. The van der Waals surface area contributed by atoms with Crippen LogP contribution in [0.2, 0.25) is 5.02 Å². The van der Waals surface area contributed by atoms with Crippen LogP contribution in [-0.2, 0) is 9.84 Å². The number of nitrogens with zero attached hydrogens (tertiary/aromatic N) is 2. The molecule has 154 valence electrons. The highest BCUT2D eigenvalue weighted by molar-refractivity contribution is 7.90. The Bertz CT molecular complexity index is 691. The first-order valence-electron chi connectivity index (χ1n) is 9.50. The predicted molar refractivity (Wildman–Crippen MR) is 115 cm³/mol. The molecule has 0 aliphatic rings. The van der Waals surface area contributed by atoms with Crippen LogP contribution in [0.25, 0.3) is 0 Å². The van der Waals surface area contributed by atoms with Crippen LogP contribution in [0.1, 0.15) is 38.8 Å². The summed E-state index contributed by atoms with van der Waals surface area (Å²) in [5.74, 6) is 0.858. The summed E-state index contributed by atoms with van der Waals surface area (Å²) in [7, 11) is -2.94. The number of guanidine groups is 1. The van der Waals surface area contributed by atoms with Crippen LogP contribution in [0.3, 0.4) is 0 Å². The van der Waals surface area contributed by atoms with Crippen molar-refractivity contribution >= 4 is 27.4 Å². The lowest BCUT2D eigenvalue weighted by Gasteiger charge is -2.29. The number of sulfone groups is 1. The third-order valence-electron chi connectivity index (χ3n) is 4.27. The van der Waals surface area contributed by atoms with Gasteiger partial charge in [-0.15, -0.1) is 0 Å². The molecule has 8 heteroatoms. The number of rotatable bonds is 11. The van der Waals surface area contributed by atoms with Gasteiger partial charge in [-0.2, -0.15) is 0 Å². The highest BCUT2D eigenvalue weighted by Gasteiger charge is 2.20. The Morgan fingerprint density at radius 3 is 2.41 bits per heavy atom. The molecule has 1 unspecified atom stereocenters. The molecule has 0 spiro atoms. The fourth-order valence-corrected chi connectivity index (χ4v) is 3.81. The summed E-state index contributed by atoms with van der Waals surface area (Å²) < 4.78 is 22.5. The summed E-state index contributed by atoms with van der Waals surface area (Å²) in [5, 5.41) is 7.17. The minimum Gasteiger partial charge on any atom is -0.357 e. The lowest BCUT2D eigenvalue weighted by atomic mass is 10.1. The highest BCUT2D eigenvalue weighted by Crippen LogP contribution is 2.27. The van der Waals surface area contributed by atoms with E-state index < -0.39 is 9.84 Å². The summed E-state index contributed by atoms with van der Waals surface area (Å²) in [6, 6.07) is 7.97. The van der Waals surface area contributed by atoms with E-state index >= 15 is 0 Å². The summed E-state index contributed by atoms with van der Waals surface area (Å²) in [6.07, 6.45) is 1.80. The number of aliphatic imine (C=N–C) groups is 1. The van der Waals surface area contributed by atoms with Gasteiger partial charge in [-0.05, 0) is 38.1 Å². The molecule has 0 aliphatic carbocycles. The normalized spacial score (nSPS) is 13.6. The first kappa shape index (κ1) is 23.7. The minimum atomic E-state index is -2.94. The van der Waals surface area contributed by atoms with Gasteiger partial charge in [0, 0.05) is 24.4 Å². The van der Waals surface area contributed by atoms with Crippen molar-refractivity contribution in [2.24, 2.45) is 4.99 Å². The average molecular weight is 417 g/mol. The summed E-state index contributed by atoms with van der Waals surface area (Å²) in [4.78, 5) is 7.06. The van der Waals surface area contributed by atoms with Gasteiger partial charge in [-0.25, -0.2) is 8.42 Å². The average Bonchev–Trinajstić information content (AvgIpc) is 2.62. The topological polar surface area (TPSA) is 73.8 Å². The van der Waals surface area contributed by atoms with E-state index in [1.807, 2.05) is 31.2 Å². The fraction of sp³-hybridized carbons (Fsp3) is 0.632. The van der Waals surface area contributed by atoms with E-state index in [0.29, 0.717) is 25.5 Å². The number of likely N-dealkylation sites (N-methyl/N-ethyl adjacent to an activating group) is 1. The Labute approximate surface area is 169 Å². The molecule has 0 bridgehead atoms. The quantitative estimate of drug-likeness (QED) is 0.329. The van der Waals surface area contributed by atoms with Crippen molar-refractivity contribution in [1.29, 1.82) is 0 Å². The molecular weight excluding hydrogens is 384 g/mol. The van der Waals surface area contributed by atoms with Crippen molar-refractivity contribution in [2.75, 3.05) is 44.7 Å². The van der Waals surface area contributed by atoms with Gasteiger partial charge in [0.05, 0.1) is 18.3 Å². The van der Waals surface area contributed by atoms with Crippen molar-refractivity contribution in [1.82, 2.24) is 15.5 Å². The van der Waals surface area contributed by atoms with Gasteiger partial charge in [0.25, 0.3) is 0 Å². The first-order valence-corrected chi connectivity index (χ1v) is 11.9. The molecule has 0 radical (unpaired) electrons. The van der Waals surface area contributed by atoms with E-state index in [-0.39, 0.29) is 11.8 Å². The molecule has 0 fully saturated rings. The Morgan fingerprint density at radius 2 is 1.85 bits per heavy atom. The first-order chi connectivity index (χ1) is 12.8. The fourth-order valence-electron chi connectivity index (χ4n) is 2.88. The maximum Gasteiger partial charge on any atom is 0.191 e. The van der Waals surface area contributed by atoms with Crippen LogP contribution in [0, 0.1) is 0 Å². The Hall–Kier alpha value is -1.31. The van der Waals surface area contributed by atoms with Crippen LogP contribution in [0.5, 0.6) is 0 Å². The Kier molecular flexibility index (Phi) is 10.7. The molecule has 27 heavy (non-hydrogen) atoms. The Balaban J connectivity index is 2.87. The zero-order valence-electron chi connectivity index (χ0n) is 16.8.